The summed E-state index contributed by atoms with van der Waals surface area (Å²) in [7, 11) is 0. The summed E-state index contributed by atoms with van der Waals surface area (Å²) in [6.45, 7) is 2.93. The van der Waals surface area contributed by atoms with Crippen molar-refractivity contribution in [3.05, 3.63) is 65.7 Å². The minimum Gasteiger partial charge on any atom is -0.489 e. The Bertz CT molecular complexity index is 701. The summed E-state index contributed by atoms with van der Waals surface area (Å²) in [6, 6.07) is 17.3. The number of amides is 1. The summed E-state index contributed by atoms with van der Waals surface area (Å²) < 4.78 is 5.82. The van der Waals surface area contributed by atoms with E-state index in [4.69, 9.17) is 16.2 Å². The van der Waals surface area contributed by atoms with Crippen LogP contribution < -0.4 is 16.2 Å². The number of nitrogens with two attached hydrogens (primary N) is 2. The van der Waals surface area contributed by atoms with Gasteiger partial charge in [-0.2, -0.15) is 0 Å². The highest BCUT2D eigenvalue weighted by Crippen LogP contribution is 2.28. The van der Waals surface area contributed by atoms with E-state index in [0.717, 1.165) is 42.8 Å². The summed E-state index contributed by atoms with van der Waals surface area (Å²) in [6.07, 6.45) is 2.02. The fourth-order valence-electron chi connectivity index (χ4n) is 3.49. The quantitative estimate of drug-likeness (QED) is 0.762. The second-order valence-electron chi connectivity index (χ2n) is 6.86. The lowest BCUT2D eigenvalue weighted by Crippen LogP contribution is -2.43. The van der Waals surface area contributed by atoms with Gasteiger partial charge in [0.25, 0.3) is 0 Å². The number of carbonyl (C=O) groups excluding carboxylic acids is 1. The predicted octanol–water partition coefficient (Wildman–Crippen LogP) is 2.88. The van der Waals surface area contributed by atoms with E-state index >= 15 is 0 Å². The number of carbonyl (C=O) groups is 1. The maximum Gasteiger partial charge on any atom is 0.239 e. The van der Waals surface area contributed by atoms with Crippen LogP contribution in [0.15, 0.2) is 54.6 Å². The molecule has 1 amide bonds. The van der Waals surface area contributed by atoms with E-state index in [1.54, 1.807) is 0 Å². The lowest BCUT2D eigenvalue weighted by atomic mass is 9.94. The fourth-order valence-corrected chi connectivity index (χ4v) is 3.49. The molecule has 146 valence electrons. The molecule has 1 atom stereocenters. The summed E-state index contributed by atoms with van der Waals surface area (Å²) in [5, 5.41) is 0. The van der Waals surface area contributed by atoms with Crippen LogP contribution >= 0.6 is 12.4 Å². The molecular formula is C21H28ClN3O2. The molecule has 6 heteroatoms. The van der Waals surface area contributed by atoms with Crippen molar-refractivity contribution >= 4 is 18.3 Å². The minimum atomic E-state index is -0.392. The minimum absolute atomic E-state index is 0. The number of likely N-dealkylation sites (tertiary alicyclic amines) is 1. The number of rotatable bonds is 7. The Morgan fingerprint density at radius 3 is 2.26 bits per heavy atom. The molecule has 2 aromatic rings. The molecule has 0 aromatic heterocycles. The Morgan fingerprint density at radius 2 is 1.70 bits per heavy atom. The zero-order valence-electron chi connectivity index (χ0n) is 15.4. The van der Waals surface area contributed by atoms with E-state index in [2.05, 4.69) is 4.90 Å². The molecule has 1 heterocycles. The normalized spacial score (nSPS) is 16.3. The standard InChI is InChI=1S/C21H27N3O2.ClH/c22-14-16-10-12-24(13-11-16)20(21(23)25)18-6-8-19(9-7-18)26-15-17-4-2-1-3-5-17;/h1-9,16,20H,10-15,22H2,(H2,23,25);1H. The molecule has 27 heavy (non-hydrogen) atoms. The third-order valence-corrected chi connectivity index (χ3v) is 5.06. The van der Waals surface area contributed by atoms with Crippen LogP contribution in [0.3, 0.4) is 0 Å². The molecule has 1 aliphatic rings. The number of nitrogens with zero attached hydrogens (tertiary/aromatic N) is 1. The van der Waals surface area contributed by atoms with Crippen LogP contribution in [-0.2, 0) is 11.4 Å². The van der Waals surface area contributed by atoms with E-state index < -0.39 is 6.04 Å². The van der Waals surface area contributed by atoms with Gasteiger partial charge >= 0.3 is 0 Å². The van der Waals surface area contributed by atoms with Gasteiger partial charge in [0.05, 0.1) is 0 Å². The Hall–Kier alpha value is -2.08. The second kappa shape index (κ2) is 10.3. The number of ether oxygens (including phenoxy) is 1. The highest BCUT2D eigenvalue weighted by atomic mass is 35.5. The van der Waals surface area contributed by atoms with Crippen molar-refractivity contribution < 1.29 is 9.53 Å². The summed E-state index contributed by atoms with van der Waals surface area (Å²) >= 11 is 0. The second-order valence-corrected chi connectivity index (χ2v) is 6.86. The number of piperidine rings is 1. The van der Waals surface area contributed by atoms with Crippen LogP contribution in [0, 0.1) is 5.92 Å². The molecule has 1 saturated heterocycles. The molecule has 4 N–H and O–H groups in total. The van der Waals surface area contributed by atoms with Gasteiger partial charge in [0.15, 0.2) is 0 Å². The van der Waals surface area contributed by atoms with E-state index in [9.17, 15) is 4.79 Å². The van der Waals surface area contributed by atoms with Crippen molar-refractivity contribution in [2.45, 2.75) is 25.5 Å². The number of hydrogen-bond donors (Lipinski definition) is 2. The first-order chi connectivity index (χ1) is 12.7. The van der Waals surface area contributed by atoms with Gasteiger partial charge < -0.3 is 16.2 Å². The van der Waals surface area contributed by atoms with Gasteiger partial charge in [-0.25, -0.2) is 0 Å². The van der Waals surface area contributed by atoms with Crippen molar-refractivity contribution in [1.82, 2.24) is 4.90 Å². The van der Waals surface area contributed by atoms with Crippen LogP contribution in [0.2, 0.25) is 0 Å². The lowest BCUT2D eigenvalue weighted by molar-refractivity contribution is -0.124. The zero-order chi connectivity index (χ0) is 18.4. The van der Waals surface area contributed by atoms with E-state index in [1.165, 1.54) is 0 Å². The largest absolute Gasteiger partial charge is 0.489 e. The molecule has 0 bridgehead atoms. The van der Waals surface area contributed by atoms with Crippen molar-refractivity contribution in [1.29, 1.82) is 0 Å². The van der Waals surface area contributed by atoms with Crippen LogP contribution in [0.5, 0.6) is 5.75 Å². The molecular weight excluding hydrogens is 362 g/mol. The number of halogens is 1. The van der Waals surface area contributed by atoms with Gasteiger partial charge in [-0.05, 0) is 61.7 Å². The van der Waals surface area contributed by atoms with E-state index in [0.29, 0.717) is 19.1 Å². The molecule has 5 nitrogen and oxygen atoms in total. The molecule has 3 rings (SSSR count). The van der Waals surface area contributed by atoms with Crippen LogP contribution in [0.25, 0.3) is 0 Å². The number of benzene rings is 2. The Labute approximate surface area is 167 Å². The monoisotopic (exact) mass is 389 g/mol. The molecule has 1 fully saturated rings. The zero-order valence-corrected chi connectivity index (χ0v) is 16.2. The van der Waals surface area contributed by atoms with Crippen molar-refractivity contribution in [3.8, 4) is 5.75 Å². The average Bonchev–Trinajstić information content (AvgIpc) is 2.68. The van der Waals surface area contributed by atoms with Gasteiger partial charge in [-0.1, -0.05) is 42.5 Å². The van der Waals surface area contributed by atoms with E-state index in [1.807, 2.05) is 54.6 Å². The van der Waals surface area contributed by atoms with Crippen molar-refractivity contribution in [2.24, 2.45) is 17.4 Å². The first kappa shape index (κ1) is 21.2. The van der Waals surface area contributed by atoms with Crippen LogP contribution in [-0.4, -0.2) is 30.4 Å². The summed E-state index contributed by atoms with van der Waals surface area (Å²) in [5.41, 5.74) is 13.5. The third kappa shape index (κ3) is 5.70. The van der Waals surface area contributed by atoms with E-state index in [-0.39, 0.29) is 18.3 Å². The van der Waals surface area contributed by atoms with Gasteiger partial charge in [-0.15, -0.1) is 12.4 Å². The van der Waals surface area contributed by atoms with Gasteiger partial charge in [0, 0.05) is 0 Å². The van der Waals surface area contributed by atoms with Crippen LogP contribution in [0.4, 0.5) is 0 Å². The molecule has 0 aliphatic carbocycles. The highest BCUT2D eigenvalue weighted by molar-refractivity contribution is 5.85. The smallest absolute Gasteiger partial charge is 0.239 e. The lowest BCUT2D eigenvalue weighted by Gasteiger charge is -2.36. The number of hydrogen-bond acceptors (Lipinski definition) is 4. The first-order valence-corrected chi connectivity index (χ1v) is 9.17. The SMILES string of the molecule is Cl.NCC1CCN(C(C(N)=O)c2ccc(OCc3ccccc3)cc2)CC1. The van der Waals surface area contributed by atoms with Crippen LogP contribution in [0.1, 0.15) is 30.0 Å². The van der Waals surface area contributed by atoms with Gasteiger partial charge in [0.2, 0.25) is 5.91 Å². The molecule has 0 saturated carbocycles. The summed E-state index contributed by atoms with van der Waals surface area (Å²) in [5.74, 6) is 1.02. The Morgan fingerprint density at radius 1 is 1.07 bits per heavy atom. The molecule has 1 unspecified atom stereocenters. The highest BCUT2D eigenvalue weighted by Gasteiger charge is 2.29. The number of primary amides is 1. The van der Waals surface area contributed by atoms with Gasteiger partial charge in [0.1, 0.15) is 18.4 Å². The van der Waals surface area contributed by atoms with Crippen molar-refractivity contribution in [3.63, 3.8) is 0 Å². The predicted molar refractivity (Wildman–Crippen MR) is 110 cm³/mol. The average molecular weight is 390 g/mol. The fraction of sp³-hybridized carbons (Fsp3) is 0.381. The van der Waals surface area contributed by atoms with Crippen molar-refractivity contribution in [2.75, 3.05) is 19.6 Å². The Balaban J connectivity index is 0.00000261. The third-order valence-electron chi connectivity index (χ3n) is 5.06. The maximum atomic E-state index is 12.1. The summed E-state index contributed by atoms with van der Waals surface area (Å²) in [4.78, 5) is 14.2. The molecule has 1 aliphatic heterocycles. The topological polar surface area (TPSA) is 81.6 Å². The van der Waals surface area contributed by atoms with Gasteiger partial charge in [-0.3, -0.25) is 9.69 Å². The maximum absolute atomic E-state index is 12.1. The molecule has 0 radical (unpaired) electrons. The Kier molecular flexibility index (Phi) is 8.10. The molecule has 2 aromatic carbocycles. The first-order valence-electron chi connectivity index (χ1n) is 9.17. The molecule has 0 spiro atoms.